The molecule has 5 rings (SSSR count). The van der Waals surface area contributed by atoms with E-state index in [2.05, 4.69) is 32.1 Å². The number of Topliss-reactive ketones (excluding diaryl/α,β-unsaturated/α-hetero) is 1. The van der Waals surface area contributed by atoms with Crippen LogP contribution in [0.4, 0.5) is 5.69 Å². The van der Waals surface area contributed by atoms with Gasteiger partial charge < -0.3 is 15.4 Å². The number of aryl methyl sites for hydroxylation is 1. The number of carbonyl (C=O) groups excluding carboxylic acids is 2. The van der Waals surface area contributed by atoms with E-state index < -0.39 is 11.0 Å². The van der Waals surface area contributed by atoms with Crippen molar-refractivity contribution in [3.05, 3.63) is 57.7 Å². The minimum absolute atomic E-state index is 0.0233. The van der Waals surface area contributed by atoms with Gasteiger partial charge in [0, 0.05) is 24.0 Å². The summed E-state index contributed by atoms with van der Waals surface area (Å²) in [6.07, 6.45) is 5.18. The number of nitrogens with zero attached hydrogens (tertiary/aromatic N) is 2. The number of amides is 1. The van der Waals surface area contributed by atoms with Crippen LogP contribution in [-0.2, 0) is 19.7 Å². The highest BCUT2D eigenvalue weighted by atomic mass is 16.5. The lowest BCUT2D eigenvalue weighted by atomic mass is 9.64. The number of ether oxygens (including phenoxy) is 1. The van der Waals surface area contributed by atoms with Gasteiger partial charge >= 0.3 is 0 Å². The number of anilines is 1. The summed E-state index contributed by atoms with van der Waals surface area (Å²) >= 11 is 0. The van der Waals surface area contributed by atoms with Crippen LogP contribution < -0.4 is 10.6 Å². The van der Waals surface area contributed by atoms with Gasteiger partial charge in [0.25, 0.3) is 0 Å². The maximum Gasteiger partial charge on any atom is 0.248 e. The van der Waals surface area contributed by atoms with Crippen molar-refractivity contribution in [2.75, 3.05) is 4.90 Å². The second-order valence-electron chi connectivity index (χ2n) is 9.36. The predicted molar refractivity (Wildman–Crippen MR) is 121 cm³/mol. The summed E-state index contributed by atoms with van der Waals surface area (Å²) in [7, 11) is 0. The zero-order valence-corrected chi connectivity index (χ0v) is 19.0. The van der Waals surface area contributed by atoms with Crippen LogP contribution in [-0.4, -0.2) is 17.2 Å². The molecule has 0 fully saturated rings. The normalized spacial score (nSPS) is 28.5. The number of nitriles is 1. The van der Waals surface area contributed by atoms with Gasteiger partial charge in [-0.2, -0.15) is 5.26 Å². The molecule has 0 radical (unpaired) electrons. The van der Waals surface area contributed by atoms with Crippen LogP contribution >= 0.6 is 0 Å². The molecule has 0 saturated carbocycles. The zero-order chi connectivity index (χ0) is 23.0. The van der Waals surface area contributed by atoms with Crippen molar-refractivity contribution in [3.63, 3.8) is 0 Å². The van der Waals surface area contributed by atoms with Crippen LogP contribution in [0.5, 0.6) is 0 Å². The number of fused-ring (bicyclic) bond motifs is 2. The molecule has 1 aromatic rings. The van der Waals surface area contributed by atoms with E-state index in [1.807, 2.05) is 24.8 Å². The van der Waals surface area contributed by atoms with Gasteiger partial charge in [-0.25, -0.2) is 0 Å². The third-order valence-corrected chi connectivity index (χ3v) is 7.55. The van der Waals surface area contributed by atoms with Crippen molar-refractivity contribution in [1.29, 1.82) is 5.26 Å². The number of carbonyl (C=O) groups is 2. The summed E-state index contributed by atoms with van der Waals surface area (Å²) in [5.41, 5.74) is 9.08. The first-order valence-electron chi connectivity index (χ1n) is 11.3. The number of nitrogens with two attached hydrogens (primary N) is 1. The highest BCUT2D eigenvalue weighted by molar-refractivity contribution is 6.22. The summed E-state index contributed by atoms with van der Waals surface area (Å²) in [4.78, 5) is 29.7. The highest BCUT2D eigenvalue weighted by Gasteiger charge is 2.65. The average Bonchev–Trinajstić information content (AvgIpc) is 3.01. The Labute approximate surface area is 188 Å². The molecular weight excluding hydrogens is 402 g/mol. The molecule has 4 aliphatic rings. The molecule has 1 amide bonds. The molecule has 2 atom stereocenters. The van der Waals surface area contributed by atoms with E-state index in [1.165, 1.54) is 5.57 Å². The molecule has 0 aromatic heterocycles. The first-order chi connectivity index (χ1) is 15.2. The van der Waals surface area contributed by atoms with Crippen molar-refractivity contribution in [3.8, 4) is 6.07 Å². The van der Waals surface area contributed by atoms with Gasteiger partial charge in [0.2, 0.25) is 11.8 Å². The molecule has 0 saturated heterocycles. The maximum absolute atomic E-state index is 14.6. The molecule has 0 unspecified atom stereocenters. The standard InChI is InChI=1S/C26H27N3O3/c1-5-15-12-25(4,6-2)29-22-16(15)10-14(3)11-17(22)26(24(29)31)18(13-27)23(28)32-20-9-7-8-19(30)21(20)26/h10-12H,5-9,28H2,1-4H3/t25-,26+/m1/s1. The van der Waals surface area contributed by atoms with Crippen LogP contribution in [0.2, 0.25) is 0 Å². The average molecular weight is 430 g/mol. The quantitative estimate of drug-likeness (QED) is 0.757. The third kappa shape index (κ3) is 2.24. The first kappa shape index (κ1) is 20.6. The summed E-state index contributed by atoms with van der Waals surface area (Å²) < 4.78 is 5.79. The van der Waals surface area contributed by atoms with Crippen LogP contribution in [0, 0.1) is 18.3 Å². The Balaban J connectivity index is 1.97. The minimum atomic E-state index is -1.55. The van der Waals surface area contributed by atoms with Crippen molar-refractivity contribution < 1.29 is 14.3 Å². The Hall–Kier alpha value is -3.33. The molecule has 6 nitrogen and oxygen atoms in total. The van der Waals surface area contributed by atoms with Crippen molar-refractivity contribution in [1.82, 2.24) is 0 Å². The molecular formula is C26H27N3O3. The lowest BCUT2D eigenvalue weighted by Gasteiger charge is -2.43. The lowest BCUT2D eigenvalue weighted by Crippen LogP contribution is -2.55. The predicted octanol–water partition coefficient (Wildman–Crippen LogP) is 4.29. The fraction of sp³-hybridized carbons (Fsp3) is 0.423. The zero-order valence-electron chi connectivity index (χ0n) is 19.0. The topological polar surface area (TPSA) is 96.4 Å². The molecule has 3 heterocycles. The molecule has 0 bridgehead atoms. The van der Waals surface area contributed by atoms with Crippen LogP contribution in [0.3, 0.4) is 0 Å². The van der Waals surface area contributed by atoms with Gasteiger partial charge in [-0.15, -0.1) is 0 Å². The number of allylic oxidation sites excluding steroid dienone is 2. The van der Waals surface area contributed by atoms with Gasteiger partial charge in [-0.3, -0.25) is 9.59 Å². The van der Waals surface area contributed by atoms with Crippen molar-refractivity contribution >= 4 is 23.0 Å². The van der Waals surface area contributed by atoms with E-state index in [0.717, 1.165) is 23.2 Å². The van der Waals surface area contributed by atoms with E-state index in [1.54, 1.807) is 0 Å². The van der Waals surface area contributed by atoms with Crippen LogP contribution in [0.15, 0.2) is 41.0 Å². The second kappa shape index (κ2) is 6.59. The molecule has 2 N–H and O–H groups in total. The van der Waals surface area contributed by atoms with E-state index in [9.17, 15) is 14.9 Å². The Morgan fingerprint density at radius 1 is 1.25 bits per heavy atom. The number of ketones is 1. The van der Waals surface area contributed by atoms with Gasteiger partial charge in [0.05, 0.1) is 16.8 Å². The number of benzene rings is 1. The third-order valence-electron chi connectivity index (χ3n) is 7.55. The van der Waals surface area contributed by atoms with Gasteiger partial charge in [0.15, 0.2) is 5.78 Å². The second-order valence-corrected chi connectivity index (χ2v) is 9.36. The number of hydrogen-bond acceptors (Lipinski definition) is 5. The number of hydrogen-bond donors (Lipinski definition) is 1. The summed E-state index contributed by atoms with van der Waals surface area (Å²) in [6, 6.07) is 6.21. The molecule has 1 aliphatic carbocycles. The van der Waals surface area contributed by atoms with E-state index >= 15 is 0 Å². The van der Waals surface area contributed by atoms with E-state index in [4.69, 9.17) is 10.5 Å². The summed E-state index contributed by atoms with van der Waals surface area (Å²) in [5, 5.41) is 10.2. The lowest BCUT2D eigenvalue weighted by molar-refractivity contribution is -0.125. The fourth-order valence-corrected chi connectivity index (χ4v) is 5.94. The monoisotopic (exact) mass is 429 g/mol. The Morgan fingerprint density at radius 2 is 2.00 bits per heavy atom. The van der Waals surface area contributed by atoms with Crippen molar-refractivity contribution in [2.24, 2.45) is 5.73 Å². The molecule has 164 valence electrons. The molecule has 6 heteroatoms. The molecule has 1 aromatic carbocycles. The minimum Gasteiger partial charge on any atom is -0.444 e. The van der Waals surface area contributed by atoms with Crippen molar-refractivity contribution in [2.45, 2.75) is 70.8 Å². The van der Waals surface area contributed by atoms with E-state index in [-0.39, 0.29) is 23.1 Å². The summed E-state index contributed by atoms with van der Waals surface area (Å²) in [5.74, 6) is -0.0631. The fourth-order valence-electron chi connectivity index (χ4n) is 5.94. The Morgan fingerprint density at radius 3 is 2.66 bits per heavy atom. The maximum atomic E-state index is 14.6. The molecule has 32 heavy (non-hydrogen) atoms. The number of rotatable bonds is 2. The Bertz CT molecular complexity index is 1250. The van der Waals surface area contributed by atoms with Gasteiger partial charge in [0.1, 0.15) is 22.8 Å². The highest BCUT2D eigenvalue weighted by Crippen LogP contribution is 2.60. The molecule has 3 aliphatic heterocycles. The van der Waals surface area contributed by atoms with Crippen LogP contribution in [0.1, 0.15) is 69.6 Å². The van der Waals surface area contributed by atoms with E-state index in [0.29, 0.717) is 42.6 Å². The SMILES string of the molecule is CCC1=C[C@@](C)(CC)N2C(=O)[C@]3(C(C#N)=C(N)OC4=C3C(=O)CCC4)c3cc(C)cc1c32. The van der Waals surface area contributed by atoms with Crippen LogP contribution in [0.25, 0.3) is 5.57 Å². The first-order valence-corrected chi connectivity index (χ1v) is 11.3. The van der Waals surface area contributed by atoms with Gasteiger partial charge in [-0.05, 0) is 44.7 Å². The van der Waals surface area contributed by atoms with Gasteiger partial charge in [-0.1, -0.05) is 31.6 Å². The Kier molecular flexibility index (Phi) is 4.23. The smallest absolute Gasteiger partial charge is 0.248 e. The molecule has 1 spiro atoms. The largest absolute Gasteiger partial charge is 0.444 e. The summed E-state index contributed by atoms with van der Waals surface area (Å²) in [6.45, 7) is 8.19.